The summed E-state index contributed by atoms with van der Waals surface area (Å²) in [7, 11) is 0. The number of hydrogen-bond donors (Lipinski definition) is 2. The van der Waals surface area contributed by atoms with E-state index in [0.29, 0.717) is 48.9 Å². The van der Waals surface area contributed by atoms with Crippen LogP contribution in [0.3, 0.4) is 0 Å². The summed E-state index contributed by atoms with van der Waals surface area (Å²) in [5.41, 5.74) is 8.16. The average Bonchev–Trinajstić information content (AvgIpc) is 2.84. The second-order valence-corrected chi connectivity index (χ2v) is 8.36. The Balaban J connectivity index is 2.07. The number of benzene rings is 2. The first kappa shape index (κ1) is 28.4. The van der Waals surface area contributed by atoms with Crippen LogP contribution in [0, 0.1) is 0 Å². The minimum Gasteiger partial charge on any atom is -0.461 e. The molecule has 0 aliphatic rings. The lowest BCUT2D eigenvalue weighted by atomic mass is 10.1. The van der Waals surface area contributed by atoms with Gasteiger partial charge in [-0.2, -0.15) is 0 Å². The van der Waals surface area contributed by atoms with Crippen molar-refractivity contribution in [2.24, 2.45) is 0 Å². The van der Waals surface area contributed by atoms with Crippen LogP contribution in [0.4, 0.5) is 17.1 Å². The molecule has 0 aliphatic carbocycles. The smallest absolute Gasteiger partial charge is 0.340 e. The average molecular weight is 505 g/mol. The number of likely N-dealkylation sites (N-methyl/N-ethyl adjacent to an activating group) is 2. The summed E-state index contributed by atoms with van der Waals surface area (Å²) < 4.78 is 10.8. The summed E-state index contributed by atoms with van der Waals surface area (Å²) >= 11 is 6.37. The number of anilines is 3. The van der Waals surface area contributed by atoms with Crippen molar-refractivity contribution >= 4 is 40.6 Å². The first-order chi connectivity index (χ1) is 16.8. The highest BCUT2D eigenvalue weighted by molar-refractivity contribution is 6.33. The second kappa shape index (κ2) is 14.6. The van der Waals surface area contributed by atoms with Crippen LogP contribution in [0.25, 0.3) is 0 Å². The number of ether oxygens (including phenoxy) is 2. The minimum atomic E-state index is -0.477. The number of carbonyl (C=O) groups is 2. The number of esters is 2. The van der Waals surface area contributed by atoms with Gasteiger partial charge in [0.15, 0.2) is 0 Å². The van der Waals surface area contributed by atoms with Gasteiger partial charge in [0, 0.05) is 24.5 Å². The number of carbonyl (C=O) groups excluding carboxylic acids is 2. The molecule has 2 aromatic rings. The van der Waals surface area contributed by atoms with Crippen molar-refractivity contribution in [3.63, 3.8) is 0 Å². The SMILES string of the molecule is CCN(CC)CCOC(=O)c1ccc(Nc2cc(N)ccc2C(=O)OCCN(CC)CC)cc1Cl. The zero-order chi connectivity index (χ0) is 25.8. The van der Waals surface area contributed by atoms with E-state index in [9.17, 15) is 9.59 Å². The Morgan fingerprint density at radius 2 is 1.34 bits per heavy atom. The number of hydrogen-bond acceptors (Lipinski definition) is 8. The lowest BCUT2D eigenvalue weighted by Crippen LogP contribution is -2.28. The van der Waals surface area contributed by atoms with Crippen molar-refractivity contribution in [2.45, 2.75) is 27.7 Å². The topological polar surface area (TPSA) is 97.1 Å². The molecule has 0 radical (unpaired) electrons. The van der Waals surface area contributed by atoms with Crippen LogP contribution in [0.1, 0.15) is 48.4 Å². The Hall–Kier alpha value is -2.81. The second-order valence-electron chi connectivity index (χ2n) is 7.95. The lowest BCUT2D eigenvalue weighted by molar-refractivity contribution is 0.0458. The molecule has 0 saturated heterocycles. The van der Waals surface area contributed by atoms with Gasteiger partial charge < -0.3 is 30.3 Å². The molecule has 0 aliphatic heterocycles. The van der Waals surface area contributed by atoms with Crippen LogP contribution in [-0.4, -0.2) is 74.2 Å². The molecule has 0 saturated carbocycles. The molecular formula is C26H37ClN4O4. The van der Waals surface area contributed by atoms with E-state index in [4.69, 9.17) is 26.8 Å². The van der Waals surface area contributed by atoms with Gasteiger partial charge in [-0.15, -0.1) is 0 Å². The summed E-state index contributed by atoms with van der Waals surface area (Å²) in [6.07, 6.45) is 0. The van der Waals surface area contributed by atoms with Gasteiger partial charge in [0.25, 0.3) is 0 Å². The molecule has 0 atom stereocenters. The molecule has 2 aromatic carbocycles. The summed E-state index contributed by atoms with van der Waals surface area (Å²) in [6, 6.07) is 9.84. The Morgan fingerprint density at radius 1 is 0.829 bits per heavy atom. The van der Waals surface area contributed by atoms with Crippen LogP contribution >= 0.6 is 11.6 Å². The summed E-state index contributed by atoms with van der Waals surface area (Å²) in [5, 5.41) is 3.41. The molecule has 3 N–H and O–H groups in total. The Morgan fingerprint density at radius 3 is 1.86 bits per heavy atom. The maximum absolute atomic E-state index is 12.7. The predicted octanol–water partition coefficient (Wildman–Crippen LogP) is 4.66. The molecule has 0 bridgehead atoms. The van der Waals surface area contributed by atoms with Crippen LogP contribution in [0.15, 0.2) is 36.4 Å². The van der Waals surface area contributed by atoms with Gasteiger partial charge in [0.1, 0.15) is 13.2 Å². The van der Waals surface area contributed by atoms with E-state index in [1.807, 2.05) is 0 Å². The van der Waals surface area contributed by atoms with Crippen LogP contribution in [0.5, 0.6) is 0 Å². The molecule has 0 heterocycles. The minimum absolute atomic E-state index is 0.245. The van der Waals surface area contributed by atoms with E-state index in [1.54, 1.807) is 36.4 Å². The highest BCUT2D eigenvalue weighted by Crippen LogP contribution is 2.28. The number of rotatable bonds is 14. The van der Waals surface area contributed by atoms with Gasteiger partial charge >= 0.3 is 11.9 Å². The van der Waals surface area contributed by atoms with Crippen LogP contribution < -0.4 is 11.1 Å². The molecule has 0 unspecified atom stereocenters. The van der Waals surface area contributed by atoms with Crippen molar-refractivity contribution in [1.29, 1.82) is 0 Å². The van der Waals surface area contributed by atoms with Crippen molar-refractivity contribution in [3.8, 4) is 0 Å². The molecule has 8 nitrogen and oxygen atoms in total. The Kier molecular flexibility index (Phi) is 11.8. The molecular weight excluding hydrogens is 468 g/mol. The first-order valence-corrected chi connectivity index (χ1v) is 12.5. The lowest BCUT2D eigenvalue weighted by Gasteiger charge is -2.18. The maximum atomic E-state index is 12.7. The van der Waals surface area contributed by atoms with Crippen LogP contribution in [0.2, 0.25) is 5.02 Å². The molecule has 0 fully saturated rings. The fraction of sp³-hybridized carbons (Fsp3) is 0.462. The molecule has 0 aromatic heterocycles. The summed E-state index contributed by atoms with van der Waals surface area (Å²) in [4.78, 5) is 29.5. The third-order valence-electron chi connectivity index (χ3n) is 5.80. The predicted molar refractivity (Wildman–Crippen MR) is 142 cm³/mol. The van der Waals surface area contributed by atoms with Crippen LogP contribution in [-0.2, 0) is 9.47 Å². The van der Waals surface area contributed by atoms with Gasteiger partial charge in [-0.1, -0.05) is 39.3 Å². The number of nitrogens with two attached hydrogens (primary N) is 1. The van der Waals surface area contributed by atoms with E-state index >= 15 is 0 Å². The van der Waals surface area contributed by atoms with E-state index in [0.717, 1.165) is 26.2 Å². The Labute approximate surface area is 213 Å². The molecule has 2 rings (SSSR count). The summed E-state index contributed by atoms with van der Waals surface area (Å²) in [6.45, 7) is 13.7. The van der Waals surface area contributed by atoms with E-state index in [2.05, 4.69) is 42.8 Å². The van der Waals surface area contributed by atoms with Crippen molar-refractivity contribution in [1.82, 2.24) is 9.80 Å². The molecule has 0 amide bonds. The molecule has 192 valence electrons. The summed E-state index contributed by atoms with van der Waals surface area (Å²) in [5.74, 6) is -0.922. The number of nitrogen functional groups attached to an aromatic ring is 1. The standard InChI is InChI=1S/C26H37ClN4O4/c1-5-30(6-2)13-15-34-25(32)21-12-10-20(18-23(21)27)29-24-17-19(28)9-11-22(24)26(33)35-16-14-31(7-3)8-4/h9-12,17-18,29H,5-8,13-16,28H2,1-4H3. The first-order valence-electron chi connectivity index (χ1n) is 12.1. The monoisotopic (exact) mass is 504 g/mol. The number of nitrogens with zero attached hydrogens (tertiary/aromatic N) is 2. The zero-order valence-corrected chi connectivity index (χ0v) is 21.9. The van der Waals surface area contributed by atoms with Gasteiger partial charge in [0.2, 0.25) is 0 Å². The Bertz CT molecular complexity index is 978. The molecule has 0 spiro atoms. The molecule has 9 heteroatoms. The maximum Gasteiger partial charge on any atom is 0.340 e. The largest absolute Gasteiger partial charge is 0.461 e. The quantitative estimate of drug-likeness (QED) is 0.283. The van der Waals surface area contributed by atoms with Crippen molar-refractivity contribution in [3.05, 3.63) is 52.5 Å². The zero-order valence-electron chi connectivity index (χ0n) is 21.1. The highest BCUT2D eigenvalue weighted by atomic mass is 35.5. The van der Waals surface area contributed by atoms with E-state index < -0.39 is 11.9 Å². The van der Waals surface area contributed by atoms with Gasteiger partial charge in [-0.05, 0) is 62.6 Å². The normalized spacial score (nSPS) is 11.1. The van der Waals surface area contributed by atoms with Crippen molar-refractivity contribution < 1.29 is 19.1 Å². The molecule has 35 heavy (non-hydrogen) atoms. The number of halogens is 1. The fourth-order valence-electron chi connectivity index (χ4n) is 3.53. The van der Waals surface area contributed by atoms with E-state index in [1.165, 1.54) is 0 Å². The van der Waals surface area contributed by atoms with Gasteiger partial charge in [-0.3, -0.25) is 0 Å². The van der Waals surface area contributed by atoms with Gasteiger partial charge in [0.05, 0.1) is 21.8 Å². The van der Waals surface area contributed by atoms with Gasteiger partial charge in [-0.25, -0.2) is 9.59 Å². The fourth-order valence-corrected chi connectivity index (χ4v) is 3.78. The highest BCUT2D eigenvalue weighted by Gasteiger charge is 2.16. The third kappa shape index (κ3) is 8.72. The van der Waals surface area contributed by atoms with Crippen molar-refractivity contribution in [2.75, 3.05) is 63.5 Å². The van der Waals surface area contributed by atoms with E-state index in [-0.39, 0.29) is 10.6 Å². The number of nitrogens with one attached hydrogen (secondary N) is 1. The third-order valence-corrected chi connectivity index (χ3v) is 6.11.